The number of rotatable bonds is 9. The first-order valence-electron chi connectivity index (χ1n) is 6.31. The summed E-state index contributed by atoms with van der Waals surface area (Å²) < 4.78 is 10.5. The second kappa shape index (κ2) is 8.72. The fraction of sp³-hybridized carbons (Fsp3) is 0.467. The van der Waals surface area contributed by atoms with Crippen molar-refractivity contribution in [3.05, 3.63) is 42.5 Å². The van der Waals surface area contributed by atoms with Crippen LogP contribution in [0.25, 0.3) is 0 Å². The van der Waals surface area contributed by atoms with E-state index in [9.17, 15) is 0 Å². The first-order valence-corrected chi connectivity index (χ1v) is 6.31. The molecule has 1 atom stereocenters. The van der Waals surface area contributed by atoms with E-state index >= 15 is 0 Å². The van der Waals surface area contributed by atoms with Gasteiger partial charge < -0.3 is 14.8 Å². The number of methoxy groups -OCH3 is 1. The third kappa shape index (κ3) is 5.84. The van der Waals surface area contributed by atoms with Crippen molar-refractivity contribution in [2.75, 3.05) is 20.3 Å². The van der Waals surface area contributed by atoms with Crippen molar-refractivity contribution in [3.63, 3.8) is 0 Å². The van der Waals surface area contributed by atoms with Gasteiger partial charge in [-0.3, -0.25) is 0 Å². The van der Waals surface area contributed by atoms with Crippen LogP contribution in [0.4, 0.5) is 0 Å². The Morgan fingerprint density at radius 3 is 2.67 bits per heavy atom. The maximum absolute atomic E-state index is 5.43. The van der Waals surface area contributed by atoms with E-state index in [0.29, 0.717) is 12.6 Å². The fourth-order valence-corrected chi connectivity index (χ4v) is 1.55. The van der Waals surface area contributed by atoms with Crippen molar-refractivity contribution in [1.29, 1.82) is 0 Å². The third-order valence-electron chi connectivity index (χ3n) is 2.70. The molecule has 0 spiro atoms. The van der Waals surface area contributed by atoms with Gasteiger partial charge in [0.25, 0.3) is 0 Å². The molecule has 3 nitrogen and oxygen atoms in total. The number of hydrogen-bond acceptors (Lipinski definition) is 3. The smallest absolute Gasteiger partial charge is 0.119 e. The number of benzene rings is 1. The first-order chi connectivity index (χ1) is 8.76. The highest BCUT2D eigenvalue weighted by atomic mass is 16.5. The molecule has 1 aromatic carbocycles. The fourth-order valence-electron chi connectivity index (χ4n) is 1.55. The molecule has 18 heavy (non-hydrogen) atoms. The van der Waals surface area contributed by atoms with E-state index in [1.54, 1.807) is 13.2 Å². The average molecular weight is 249 g/mol. The molecule has 1 N–H and O–H groups in total. The number of hydrogen-bond donors (Lipinski definition) is 1. The van der Waals surface area contributed by atoms with E-state index in [-0.39, 0.29) is 0 Å². The topological polar surface area (TPSA) is 30.5 Å². The Labute approximate surface area is 110 Å². The summed E-state index contributed by atoms with van der Waals surface area (Å²) >= 11 is 0. The Morgan fingerprint density at radius 2 is 2.06 bits per heavy atom. The summed E-state index contributed by atoms with van der Waals surface area (Å²) in [6.07, 6.45) is 2.77. The van der Waals surface area contributed by atoms with Crippen molar-refractivity contribution in [3.8, 4) is 5.75 Å². The molecule has 0 aliphatic rings. The summed E-state index contributed by atoms with van der Waals surface area (Å²) in [5.74, 6) is 0.881. The number of nitrogens with one attached hydrogen (secondary N) is 1. The molecule has 0 radical (unpaired) electrons. The Kier molecular flexibility index (Phi) is 7.14. The molecule has 1 rings (SSSR count). The minimum absolute atomic E-state index is 0.460. The molecule has 0 aliphatic carbocycles. The van der Waals surface area contributed by atoms with Crippen molar-refractivity contribution >= 4 is 0 Å². The molecule has 1 unspecified atom stereocenters. The highest BCUT2D eigenvalue weighted by molar-refractivity contribution is 5.27. The quantitative estimate of drug-likeness (QED) is 0.683. The van der Waals surface area contributed by atoms with Gasteiger partial charge >= 0.3 is 0 Å². The van der Waals surface area contributed by atoms with E-state index in [1.165, 1.54) is 5.56 Å². The molecule has 0 bridgehead atoms. The van der Waals surface area contributed by atoms with Crippen LogP contribution >= 0.6 is 0 Å². The summed E-state index contributed by atoms with van der Waals surface area (Å²) in [6, 6.07) is 8.59. The maximum atomic E-state index is 5.43. The molecule has 100 valence electrons. The molecule has 0 saturated carbocycles. The van der Waals surface area contributed by atoms with Gasteiger partial charge in [-0.25, -0.2) is 0 Å². The van der Waals surface area contributed by atoms with Gasteiger partial charge in [0.15, 0.2) is 0 Å². The van der Waals surface area contributed by atoms with Crippen LogP contribution in [0.15, 0.2) is 36.9 Å². The van der Waals surface area contributed by atoms with Crippen molar-refractivity contribution in [2.45, 2.75) is 25.9 Å². The molecular weight excluding hydrogens is 226 g/mol. The minimum atomic E-state index is 0.460. The van der Waals surface area contributed by atoms with Crippen molar-refractivity contribution < 1.29 is 9.47 Å². The van der Waals surface area contributed by atoms with Crippen LogP contribution < -0.4 is 10.1 Å². The zero-order chi connectivity index (χ0) is 13.2. The Hall–Kier alpha value is -1.32. The van der Waals surface area contributed by atoms with E-state index in [4.69, 9.17) is 9.47 Å². The monoisotopic (exact) mass is 249 g/mol. The SMILES string of the molecule is C=CCOc1ccc(CNC(C)CCOC)cc1. The van der Waals surface area contributed by atoms with Crippen LogP contribution in [0.5, 0.6) is 5.75 Å². The Balaban J connectivity index is 2.32. The largest absolute Gasteiger partial charge is 0.490 e. The highest BCUT2D eigenvalue weighted by Crippen LogP contribution is 2.12. The van der Waals surface area contributed by atoms with Crippen LogP contribution in [0.1, 0.15) is 18.9 Å². The van der Waals surface area contributed by atoms with Crippen LogP contribution in [0.2, 0.25) is 0 Å². The summed E-state index contributed by atoms with van der Waals surface area (Å²) in [4.78, 5) is 0. The molecule has 0 heterocycles. The van der Waals surface area contributed by atoms with E-state index in [1.807, 2.05) is 12.1 Å². The molecule has 1 aromatic rings. The van der Waals surface area contributed by atoms with E-state index in [0.717, 1.165) is 25.3 Å². The van der Waals surface area contributed by atoms with Crippen LogP contribution in [-0.2, 0) is 11.3 Å². The summed E-state index contributed by atoms with van der Waals surface area (Å²) in [7, 11) is 1.73. The molecule has 0 aromatic heterocycles. The third-order valence-corrected chi connectivity index (χ3v) is 2.70. The lowest BCUT2D eigenvalue weighted by Gasteiger charge is -2.13. The summed E-state index contributed by atoms with van der Waals surface area (Å²) in [6.45, 7) is 8.00. The maximum Gasteiger partial charge on any atom is 0.119 e. The van der Waals surface area contributed by atoms with Crippen LogP contribution in [-0.4, -0.2) is 26.4 Å². The zero-order valence-corrected chi connectivity index (χ0v) is 11.3. The predicted molar refractivity (Wildman–Crippen MR) is 74.9 cm³/mol. The molecule has 3 heteroatoms. The average Bonchev–Trinajstić information content (AvgIpc) is 2.41. The van der Waals surface area contributed by atoms with Gasteiger partial charge in [0.2, 0.25) is 0 Å². The molecule has 0 aliphatic heterocycles. The highest BCUT2D eigenvalue weighted by Gasteiger charge is 2.01. The Morgan fingerprint density at radius 1 is 1.33 bits per heavy atom. The van der Waals surface area contributed by atoms with Crippen molar-refractivity contribution in [1.82, 2.24) is 5.32 Å². The van der Waals surface area contributed by atoms with Gasteiger partial charge in [-0.15, -0.1) is 0 Å². The zero-order valence-electron chi connectivity index (χ0n) is 11.3. The van der Waals surface area contributed by atoms with Gasteiger partial charge in [0.1, 0.15) is 12.4 Å². The molecular formula is C15H23NO2. The second-order valence-electron chi connectivity index (χ2n) is 4.31. The number of ether oxygens (including phenoxy) is 2. The van der Waals surface area contributed by atoms with E-state index < -0.39 is 0 Å². The first kappa shape index (κ1) is 14.7. The molecule has 0 amide bonds. The molecule has 0 saturated heterocycles. The normalized spacial score (nSPS) is 12.1. The van der Waals surface area contributed by atoms with Gasteiger partial charge in [0.05, 0.1) is 0 Å². The summed E-state index contributed by atoms with van der Waals surface area (Å²) in [5, 5.41) is 3.46. The van der Waals surface area contributed by atoms with Gasteiger partial charge in [0, 0.05) is 26.3 Å². The lowest BCUT2D eigenvalue weighted by atomic mass is 10.2. The van der Waals surface area contributed by atoms with Gasteiger partial charge in [-0.1, -0.05) is 24.8 Å². The standard InChI is InChI=1S/C15H23NO2/c1-4-10-18-15-7-5-14(6-8-15)12-16-13(2)9-11-17-3/h4-8,13,16H,1,9-12H2,2-3H3. The van der Waals surface area contributed by atoms with Gasteiger partial charge in [-0.2, -0.15) is 0 Å². The summed E-state index contributed by atoms with van der Waals surface area (Å²) in [5.41, 5.74) is 1.25. The van der Waals surface area contributed by atoms with Gasteiger partial charge in [-0.05, 0) is 31.0 Å². The second-order valence-corrected chi connectivity index (χ2v) is 4.31. The predicted octanol–water partition coefficient (Wildman–Crippen LogP) is 2.77. The lowest BCUT2D eigenvalue weighted by Crippen LogP contribution is -2.26. The van der Waals surface area contributed by atoms with Crippen LogP contribution in [0.3, 0.4) is 0 Å². The van der Waals surface area contributed by atoms with Crippen LogP contribution in [0, 0.1) is 0 Å². The lowest BCUT2D eigenvalue weighted by molar-refractivity contribution is 0.184. The van der Waals surface area contributed by atoms with Crippen molar-refractivity contribution in [2.24, 2.45) is 0 Å². The van der Waals surface area contributed by atoms with E-state index in [2.05, 4.69) is 31.0 Å². The minimum Gasteiger partial charge on any atom is -0.490 e. The molecule has 0 fully saturated rings. The Bertz CT molecular complexity index is 335.